The largest absolute Gasteiger partial charge is 0.303 e. The standard InChI is InChI=1S/C9H13NOS/c1-5-4-12-9-6(2)8(11)10(9)7(5)3/h6,9H,4H2,1-3H3. The van der Waals surface area contributed by atoms with E-state index in [1.165, 1.54) is 11.3 Å². The van der Waals surface area contributed by atoms with Gasteiger partial charge >= 0.3 is 0 Å². The van der Waals surface area contributed by atoms with Crippen LogP contribution in [0.3, 0.4) is 0 Å². The molecular formula is C9H13NOS. The Hall–Kier alpha value is -0.440. The summed E-state index contributed by atoms with van der Waals surface area (Å²) in [6, 6.07) is 0. The highest BCUT2D eigenvalue weighted by Gasteiger charge is 2.47. The van der Waals surface area contributed by atoms with Gasteiger partial charge in [0.1, 0.15) is 0 Å². The number of hydrogen-bond acceptors (Lipinski definition) is 2. The van der Waals surface area contributed by atoms with Crippen LogP contribution >= 0.6 is 11.8 Å². The highest BCUT2D eigenvalue weighted by atomic mass is 32.2. The molecule has 0 radical (unpaired) electrons. The van der Waals surface area contributed by atoms with Gasteiger partial charge in [0.05, 0.1) is 11.3 Å². The van der Waals surface area contributed by atoms with Crippen molar-refractivity contribution in [2.24, 2.45) is 5.92 Å². The summed E-state index contributed by atoms with van der Waals surface area (Å²) in [6.07, 6.45) is 0. The van der Waals surface area contributed by atoms with Crippen LogP contribution in [-0.4, -0.2) is 21.9 Å². The number of rotatable bonds is 0. The van der Waals surface area contributed by atoms with Crippen molar-refractivity contribution in [3.63, 3.8) is 0 Å². The van der Waals surface area contributed by atoms with Crippen molar-refractivity contribution in [3.05, 3.63) is 11.3 Å². The number of β-lactam (4-membered cyclic amide) rings is 1. The zero-order valence-corrected chi connectivity index (χ0v) is 8.44. The fourth-order valence-electron chi connectivity index (χ4n) is 1.70. The van der Waals surface area contributed by atoms with Crippen LogP contribution in [0.4, 0.5) is 0 Å². The Morgan fingerprint density at radius 1 is 1.50 bits per heavy atom. The maximum atomic E-state index is 11.4. The van der Waals surface area contributed by atoms with Crippen LogP contribution in [0.2, 0.25) is 0 Å². The van der Waals surface area contributed by atoms with Gasteiger partial charge in [-0.1, -0.05) is 6.92 Å². The van der Waals surface area contributed by atoms with Crippen molar-refractivity contribution < 1.29 is 4.79 Å². The quantitative estimate of drug-likeness (QED) is 0.534. The molecule has 1 fully saturated rings. The van der Waals surface area contributed by atoms with Crippen LogP contribution in [-0.2, 0) is 4.79 Å². The van der Waals surface area contributed by atoms with Crippen molar-refractivity contribution in [2.75, 3.05) is 5.75 Å². The molecule has 3 heteroatoms. The molecule has 2 nitrogen and oxygen atoms in total. The van der Waals surface area contributed by atoms with Gasteiger partial charge in [-0.15, -0.1) is 11.8 Å². The van der Waals surface area contributed by atoms with Crippen LogP contribution in [0.15, 0.2) is 11.3 Å². The first kappa shape index (κ1) is 8.17. The molecule has 66 valence electrons. The Balaban J connectivity index is 2.29. The maximum Gasteiger partial charge on any atom is 0.233 e. The van der Waals surface area contributed by atoms with Crippen molar-refractivity contribution in [2.45, 2.75) is 26.1 Å². The molecule has 0 saturated carbocycles. The molecule has 0 spiro atoms. The van der Waals surface area contributed by atoms with Crippen LogP contribution in [0.5, 0.6) is 0 Å². The Labute approximate surface area is 77.0 Å². The Morgan fingerprint density at radius 2 is 2.17 bits per heavy atom. The lowest BCUT2D eigenvalue weighted by molar-refractivity contribution is -0.145. The summed E-state index contributed by atoms with van der Waals surface area (Å²) >= 11 is 1.88. The molecule has 1 amide bonds. The minimum absolute atomic E-state index is 0.234. The third-order valence-corrected chi connectivity index (χ3v) is 4.32. The van der Waals surface area contributed by atoms with Crippen molar-refractivity contribution in [3.8, 4) is 0 Å². The number of hydrogen-bond donors (Lipinski definition) is 0. The van der Waals surface area contributed by atoms with Crippen LogP contribution < -0.4 is 0 Å². The molecule has 0 aromatic heterocycles. The van der Waals surface area contributed by atoms with E-state index in [0.717, 1.165) is 5.75 Å². The van der Waals surface area contributed by atoms with E-state index in [1.807, 2.05) is 30.5 Å². The van der Waals surface area contributed by atoms with Gasteiger partial charge in [0.25, 0.3) is 0 Å². The molecule has 2 atom stereocenters. The van der Waals surface area contributed by atoms with Gasteiger partial charge in [0.15, 0.2) is 0 Å². The molecule has 0 aliphatic carbocycles. The van der Waals surface area contributed by atoms with Gasteiger partial charge in [-0.05, 0) is 19.4 Å². The minimum atomic E-state index is 0.234. The highest BCUT2D eigenvalue weighted by molar-refractivity contribution is 8.00. The second-order valence-corrected chi connectivity index (χ2v) is 4.67. The first-order valence-corrected chi connectivity index (χ1v) is 5.29. The third kappa shape index (κ3) is 0.859. The van der Waals surface area contributed by atoms with Gasteiger partial charge in [-0.3, -0.25) is 4.79 Å². The van der Waals surface area contributed by atoms with Gasteiger partial charge < -0.3 is 4.90 Å². The van der Waals surface area contributed by atoms with Gasteiger partial charge in [0, 0.05) is 11.4 Å². The summed E-state index contributed by atoms with van der Waals surface area (Å²) in [4.78, 5) is 13.4. The number of carbonyl (C=O) groups excluding carboxylic acids is 1. The Morgan fingerprint density at radius 3 is 2.83 bits per heavy atom. The number of nitrogens with zero attached hydrogens (tertiary/aromatic N) is 1. The number of thioether (sulfide) groups is 1. The molecule has 2 aliphatic rings. The fourth-order valence-corrected chi connectivity index (χ4v) is 3.15. The van der Waals surface area contributed by atoms with Crippen molar-refractivity contribution >= 4 is 17.7 Å². The van der Waals surface area contributed by atoms with Crippen LogP contribution in [0.25, 0.3) is 0 Å². The molecule has 2 heterocycles. The van der Waals surface area contributed by atoms with Gasteiger partial charge in [-0.25, -0.2) is 0 Å². The average Bonchev–Trinajstić information content (AvgIpc) is 2.08. The minimum Gasteiger partial charge on any atom is -0.303 e. The Bertz CT molecular complexity index is 272. The van der Waals surface area contributed by atoms with Crippen molar-refractivity contribution in [1.29, 1.82) is 0 Å². The Kier molecular flexibility index (Phi) is 1.72. The first-order valence-electron chi connectivity index (χ1n) is 4.24. The molecule has 1 saturated heterocycles. The normalized spacial score (nSPS) is 34.9. The predicted octanol–water partition coefficient (Wildman–Crippen LogP) is 1.83. The zero-order valence-electron chi connectivity index (χ0n) is 7.63. The number of carbonyl (C=O) groups is 1. The second-order valence-electron chi connectivity index (χ2n) is 3.56. The topological polar surface area (TPSA) is 20.3 Å². The lowest BCUT2D eigenvalue weighted by Gasteiger charge is -2.48. The van der Waals surface area contributed by atoms with E-state index in [9.17, 15) is 4.79 Å². The fraction of sp³-hybridized carbons (Fsp3) is 0.667. The SMILES string of the molecule is CC1=C(C)N2C(=O)C(C)C2SC1. The number of fused-ring (bicyclic) bond motifs is 1. The molecule has 0 N–H and O–H groups in total. The van der Waals surface area contributed by atoms with Gasteiger partial charge in [0.2, 0.25) is 5.91 Å². The van der Waals surface area contributed by atoms with E-state index < -0.39 is 0 Å². The first-order chi connectivity index (χ1) is 5.63. The number of amides is 1. The highest BCUT2D eigenvalue weighted by Crippen LogP contribution is 2.42. The van der Waals surface area contributed by atoms with Gasteiger partial charge in [-0.2, -0.15) is 0 Å². The molecule has 12 heavy (non-hydrogen) atoms. The third-order valence-electron chi connectivity index (χ3n) is 2.76. The second kappa shape index (κ2) is 2.52. The lowest BCUT2D eigenvalue weighted by atomic mass is 9.98. The number of allylic oxidation sites excluding steroid dienone is 1. The molecule has 2 unspecified atom stereocenters. The molecule has 2 aliphatic heterocycles. The van der Waals surface area contributed by atoms with Crippen LogP contribution in [0.1, 0.15) is 20.8 Å². The maximum absolute atomic E-state index is 11.4. The molecule has 0 aromatic rings. The zero-order chi connectivity index (χ0) is 8.88. The summed E-state index contributed by atoms with van der Waals surface area (Å²) in [5.74, 6) is 1.62. The van der Waals surface area contributed by atoms with E-state index in [4.69, 9.17) is 0 Å². The monoisotopic (exact) mass is 183 g/mol. The average molecular weight is 183 g/mol. The molecule has 0 aromatic carbocycles. The van der Waals surface area contributed by atoms with E-state index >= 15 is 0 Å². The summed E-state index contributed by atoms with van der Waals surface area (Å²) in [5, 5.41) is 0.432. The van der Waals surface area contributed by atoms with E-state index in [2.05, 4.69) is 6.92 Å². The molecule has 2 rings (SSSR count). The smallest absolute Gasteiger partial charge is 0.233 e. The van der Waals surface area contributed by atoms with E-state index in [1.54, 1.807) is 0 Å². The van der Waals surface area contributed by atoms with E-state index in [-0.39, 0.29) is 5.92 Å². The van der Waals surface area contributed by atoms with Crippen molar-refractivity contribution in [1.82, 2.24) is 4.90 Å². The predicted molar refractivity (Wildman–Crippen MR) is 50.6 cm³/mol. The molecular weight excluding hydrogens is 170 g/mol. The summed E-state index contributed by atoms with van der Waals surface area (Å²) < 4.78 is 0. The summed E-state index contributed by atoms with van der Waals surface area (Å²) in [7, 11) is 0. The van der Waals surface area contributed by atoms with E-state index in [0.29, 0.717) is 11.3 Å². The molecule has 0 bridgehead atoms. The van der Waals surface area contributed by atoms with Crippen LogP contribution in [0, 0.1) is 5.92 Å². The summed E-state index contributed by atoms with van der Waals surface area (Å²) in [6.45, 7) is 6.17. The lowest BCUT2D eigenvalue weighted by Crippen LogP contribution is -2.58. The summed E-state index contributed by atoms with van der Waals surface area (Å²) in [5.41, 5.74) is 2.53.